The molecule has 3 amide bonds. The maximum Gasteiger partial charge on any atom is 0.317 e. The number of benzene rings is 2. The first-order valence-corrected chi connectivity index (χ1v) is 11.5. The molecule has 0 unspecified atom stereocenters. The van der Waals surface area contributed by atoms with E-state index in [0.717, 1.165) is 42.7 Å². The third kappa shape index (κ3) is 6.02. The fourth-order valence-corrected chi connectivity index (χ4v) is 4.20. The van der Waals surface area contributed by atoms with Gasteiger partial charge in [0.1, 0.15) is 5.75 Å². The SMILES string of the molecule is CC[C@@H](NC(=O)c1cccc([C@H]2CCCN(C(=O)NC(C)C)C2)c1)c1ccc(OC)cc1. The van der Waals surface area contributed by atoms with E-state index in [9.17, 15) is 9.59 Å². The quantitative estimate of drug-likeness (QED) is 0.649. The summed E-state index contributed by atoms with van der Waals surface area (Å²) in [6, 6.07) is 15.7. The third-order valence-corrected chi connectivity index (χ3v) is 5.97. The Morgan fingerprint density at radius 2 is 1.88 bits per heavy atom. The molecule has 32 heavy (non-hydrogen) atoms. The Bertz CT molecular complexity index is 911. The van der Waals surface area contributed by atoms with Crippen LogP contribution in [0.5, 0.6) is 5.75 Å². The van der Waals surface area contributed by atoms with Crippen LogP contribution in [-0.2, 0) is 0 Å². The first kappa shape index (κ1) is 23.6. The van der Waals surface area contributed by atoms with Crippen molar-refractivity contribution in [3.8, 4) is 5.75 Å². The highest BCUT2D eigenvalue weighted by Gasteiger charge is 2.25. The highest BCUT2D eigenvalue weighted by Crippen LogP contribution is 2.28. The molecule has 2 N–H and O–H groups in total. The van der Waals surface area contributed by atoms with Gasteiger partial charge in [0, 0.05) is 30.6 Å². The van der Waals surface area contributed by atoms with Crippen molar-refractivity contribution < 1.29 is 14.3 Å². The molecule has 2 aromatic rings. The molecule has 1 aliphatic heterocycles. The maximum absolute atomic E-state index is 13.0. The van der Waals surface area contributed by atoms with Crippen molar-refractivity contribution in [3.05, 3.63) is 65.2 Å². The van der Waals surface area contributed by atoms with E-state index in [2.05, 4.69) is 23.6 Å². The van der Waals surface area contributed by atoms with Crippen LogP contribution in [0.2, 0.25) is 0 Å². The Labute approximate surface area is 191 Å². The van der Waals surface area contributed by atoms with Crippen LogP contribution in [0, 0.1) is 0 Å². The summed E-state index contributed by atoms with van der Waals surface area (Å²) in [6.07, 6.45) is 2.77. The molecule has 0 aromatic heterocycles. The number of hydrogen-bond donors (Lipinski definition) is 2. The average molecular weight is 438 g/mol. The van der Waals surface area contributed by atoms with Gasteiger partial charge in [0.25, 0.3) is 5.91 Å². The molecule has 0 saturated carbocycles. The van der Waals surface area contributed by atoms with Crippen LogP contribution in [0.1, 0.15) is 73.5 Å². The molecule has 0 radical (unpaired) electrons. The van der Waals surface area contributed by atoms with Gasteiger partial charge in [-0.05, 0) is 68.5 Å². The Hall–Kier alpha value is -3.02. The van der Waals surface area contributed by atoms with Crippen molar-refractivity contribution in [2.24, 2.45) is 0 Å². The number of amides is 3. The number of ether oxygens (including phenoxy) is 1. The summed E-state index contributed by atoms with van der Waals surface area (Å²) in [5, 5.41) is 6.14. The summed E-state index contributed by atoms with van der Waals surface area (Å²) in [5.41, 5.74) is 2.81. The topological polar surface area (TPSA) is 70.7 Å². The maximum atomic E-state index is 13.0. The molecule has 2 atom stereocenters. The number of carbonyl (C=O) groups is 2. The zero-order valence-corrected chi connectivity index (χ0v) is 19.6. The molecule has 0 bridgehead atoms. The number of nitrogens with zero attached hydrogens (tertiary/aromatic N) is 1. The monoisotopic (exact) mass is 437 g/mol. The van der Waals surface area contributed by atoms with E-state index in [4.69, 9.17) is 4.74 Å². The van der Waals surface area contributed by atoms with Crippen molar-refractivity contribution in [2.45, 2.75) is 58.0 Å². The molecule has 1 heterocycles. The lowest BCUT2D eigenvalue weighted by Gasteiger charge is -2.33. The van der Waals surface area contributed by atoms with E-state index in [-0.39, 0.29) is 29.9 Å². The van der Waals surface area contributed by atoms with Crippen molar-refractivity contribution >= 4 is 11.9 Å². The minimum atomic E-state index is -0.0836. The smallest absolute Gasteiger partial charge is 0.317 e. The molecule has 6 heteroatoms. The molecule has 1 fully saturated rings. The lowest BCUT2D eigenvalue weighted by atomic mass is 9.89. The summed E-state index contributed by atoms with van der Waals surface area (Å²) in [5.74, 6) is 0.948. The molecular formula is C26H35N3O3. The molecule has 2 aromatic carbocycles. The lowest BCUT2D eigenvalue weighted by molar-refractivity contribution is 0.0935. The van der Waals surface area contributed by atoms with E-state index in [0.29, 0.717) is 12.1 Å². The number of rotatable bonds is 7. The van der Waals surface area contributed by atoms with Crippen LogP contribution in [0.25, 0.3) is 0 Å². The van der Waals surface area contributed by atoms with Crippen LogP contribution < -0.4 is 15.4 Å². The normalized spacial score (nSPS) is 17.0. The van der Waals surface area contributed by atoms with Crippen molar-refractivity contribution in [3.63, 3.8) is 0 Å². The summed E-state index contributed by atoms with van der Waals surface area (Å²) in [4.78, 5) is 27.3. The van der Waals surface area contributed by atoms with Crippen LogP contribution >= 0.6 is 0 Å². The standard InChI is InChI=1S/C26H35N3O3/c1-5-24(19-11-13-23(32-4)14-12-19)28-25(30)21-9-6-8-20(16-21)22-10-7-15-29(17-22)26(31)27-18(2)3/h6,8-9,11-14,16,18,22,24H,5,7,10,15,17H2,1-4H3,(H,27,31)(H,28,30)/t22-,24+/m0/s1. The predicted octanol–water partition coefficient (Wildman–Crippen LogP) is 4.87. The van der Waals surface area contributed by atoms with Gasteiger partial charge >= 0.3 is 6.03 Å². The van der Waals surface area contributed by atoms with Gasteiger partial charge < -0.3 is 20.3 Å². The fraction of sp³-hybridized carbons (Fsp3) is 0.462. The number of nitrogens with one attached hydrogen (secondary N) is 2. The minimum Gasteiger partial charge on any atom is -0.497 e. The summed E-state index contributed by atoms with van der Waals surface area (Å²) in [7, 11) is 1.64. The van der Waals surface area contributed by atoms with Crippen molar-refractivity contribution in [2.75, 3.05) is 20.2 Å². The van der Waals surface area contributed by atoms with Gasteiger partial charge in [-0.25, -0.2) is 4.79 Å². The van der Waals surface area contributed by atoms with Gasteiger partial charge in [-0.3, -0.25) is 4.79 Å². The van der Waals surface area contributed by atoms with Crippen molar-refractivity contribution in [1.82, 2.24) is 15.5 Å². The summed E-state index contributed by atoms with van der Waals surface area (Å²) in [6.45, 7) is 7.45. The predicted molar refractivity (Wildman–Crippen MR) is 127 cm³/mol. The number of methoxy groups -OCH3 is 1. The van der Waals surface area contributed by atoms with Crippen LogP contribution in [0.15, 0.2) is 48.5 Å². The number of carbonyl (C=O) groups excluding carboxylic acids is 2. The molecule has 1 aliphatic rings. The molecule has 6 nitrogen and oxygen atoms in total. The fourth-order valence-electron chi connectivity index (χ4n) is 4.20. The van der Waals surface area contributed by atoms with Gasteiger partial charge in [0.15, 0.2) is 0 Å². The summed E-state index contributed by atoms with van der Waals surface area (Å²) >= 11 is 0. The molecule has 1 saturated heterocycles. The Kier molecular flexibility index (Phi) is 8.14. The minimum absolute atomic E-state index is 0.0103. The first-order chi connectivity index (χ1) is 15.4. The molecule has 3 rings (SSSR count). The highest BCUT2D eigenvalue weighted by atomic mass is 16.5. The zero-order valence-electron chi connectivity index (χ0n) is 19.6. The van der Waals surface area contributed by atoms with E-state index in [1.165, 1.54) is 0 Å². The second-order valence-corrected chi connectivity index (χ2v) is 8.72. The van der Waals surface area contributed by atoms with E-state index in [1.807, 2.05) is 61.2 Å². The Balaban J connectivity index is 1.69. The summed E-state index contributed by atoms with van der Waals surface area (Å²) < 4.78 is 5.23. The first-order valence-electron chi connectivity index (χ1n) is 11.5. The highest BCUT2D eigenvalue weighted by molar-refractivity contribution is 5.94. The lowest BCUT2D eigenvalue weighted by Crippen LogP contribution is -2.47. The van der Waals surface area contributed by atoms with Crippen LogP contribution in [-0.4, -0.2) is 43.1 Å². The average Bonchev–Trinajstić information content (AvgIpc) is 2.82. The number of piperidine rings is 1. The number of likely N-dealkylation sites (tertiary alicyclic amines) is 1. The largest absolute Gasteiger partial charge is 0.497 e. The second-order valence-electron chi connectivity index (χ2n) is 8.72. The van der Waals surface area contributed by atoms with Crippen LogP contribution in [0.4, 0.5) is 4.79 Å². The third-order valence-electron chi connectivity index (χ3n) is 5.97. The molecular weight excluding hydrogens is 402 g/mol. The second kappa shape index (κ2) is 11.0. The number of hydrogen-bond acceptors (Lipinski definition) is 3. The van der Waals surface area contributed by atoms with Gasteiger partial charge in [-0.15, -0.1) is 0 Å². The molecule has 172 valence electrons. The number of urea groups is 1. The van der Waals surface area contributed by atoms with E-state index >= 15 is 0 Å². The van der Waals surface area contributed by atoms with Gasteiger partial charge in [-0.1, -0.05) is 31.2 Å². The van der Waals surface area contributed by atoms with Gasteiger partial charge in [0.05, 0.1) is 13.2 Å². The zero-order chi connectivity index (χ0) is 23.1. The van der Waals surface area contributed by atoms with Crippen molar-refractivity contribution in [1.29, 1.82) is 0 Å². The van der Waals surface area contributed by atoms with Crippen LogP contribution in [0.3, 0.4) is 0 Å². The molecule has 0 spiro atoms. The Morgan fingerprint density at radius 1 is 1.12 bits per heavy atom. The van der Waals surface area contributed by atoms with E-state index < -0.39 is 0 Å². The molecule has 0 aliphatic carbocycles. The Morgan fingerprint density at radius 3 is 2.53 bits per heavy atom. The van der Waals surface area contributed by atoms with E-state index in [1.54, 1.807) is 7.11 Å². The van der Waals surface area contributed by atoms with Gasteiger partial charge in [0.2, 0.25) is 0 Å². The van der Waals surface area contributed by atoms with Gasteiger partial charge in [-0.2, -0.15) is 0 Å².